The van der Waals surface area contributed by atoms with Crippen molar-refractivity contribution in [2.75, 3.05) is 18.8 Å². The maximum atomic E-state index is 14.9. The number of halogens is 2. The Hall–Kier alpha value is -3.43. The highest BCUT2D eigenvalue weighted by molar-refractivity contribution is 7.87. The lowest BCUT2D eigenvalue weighted by Gasteiger charge is -2.33. The molecule has 37 heavy (non-hydrogen) atoms. The van der Waals surface area contributed by atoms with Crippen LogP contribution in [0.4, 0.5) is 4.39 Å². The number of fused-ring (bicyclic) bond motifs is 1. The van der Waals surface area contributed by atoms with Crippen molar-refractivity contribution in [3.05, 3.63) is 88.7 Å². The van der Waals surface area contributed by atoms with Gasteiger partial charge in [-0.3, -0.25) is 9.89 Å². The molecular weight excluding hydrogens is 515 g/mol. The molecule has 1 unspecified atom stereocenters. The number of benzene rings is 3. The summed E-state index contributed by atoms with van der Waals surface area (Å²) in [6, 6.07) is 19.0. The van der Waals surface area contributed by atoms with E-state index in [1.807, 2.05) is 29.2 Å². The molecule has 3 aromatic carbocycles. The minimum absolute atomic E-state index is 0.0391. The molecule has 0 aliphatic carbocycles. The molecule has 0 saturated heterocycles. The van der Waals surface area contributed by atoms with Crippen LogP contribution in [0.25, 0.3) is 11.1 Å². The zero-order valence-electron chi connectivity index (χ0n) is 20.2. The van der Waals surface area contributed by atoms with Gasteiger partial charge in [0.15, 0.2) is 11.5 Å². The number of rotatable bonds is 7. The van der Waals surface area contributed by atoms with Crippen molar-refractivity contribution in [3.8, 4) is 16.9 Å². The summed E-state index contributed by atoms with van der Waals surface area (Å²) in [7, 11) is -3.68. The molecule has 5 rings (SSSR count). The molecule has 0 radical (unpaired) electrons. The fourth-order valence-electron chi connectivity index (χ4n) is 4.80. The molecular formula is C27H26ClFN4O3S. The van der Waals surface area contributed by atoms with Crippen molar-refractivity contribution in [1.82, 2.24) is 4.90 Å². The quantitative estimate of drug-likeness (QED) is 0.428. The summed E-state index contributed by atoms with van der Waals surface area (Å²) in [6.07, 6.45) is 1.29. The van der Waals surface area contributed by atoms with E-state index >= 15 is 0 Å². The maximum absolute atomic E-state index is 14.9. The standard InChI is InChI=1S/C27H26ClFN4O3S/c1-2-16-37(34,35)36-21-12-10-19(11-13-21)27(25-31-14-5-15-33(25)26(30)32-27)20-7-3-6-18(17-20)22-8-4-9-23(28)24(22)29/h3-4,6-13,17H,2,5,14-16H2,1H3,(H2,30,32). The fourth-order valence-corrected chi connectivity index (χ4v) is 5.96. The minimum atomic E-state index is -3.68. The molecule has 0 spiro atoms. The maximum Gasteiger partial charge on any atom is 0.309 e. The van der Waals surface area contributed by atoms with Crippen LogP contribution in [0.1, 0.15) is 30.9 Å². The van der Waals surface area contributed by atoms with Gasteiger partial charge < -0.3 is 9.92 Å². The first-order valence-corrected chi connectivity index (χ1v) is 14.0. The Balaban J connectivity index is 1.65. The lowest BCUT2D eigenvalue weighted by molar-refractivity contribution is 0.484. The first-order valence-electron chi connectivity index (χ1n) is 12.0. The highest BCUT2D eigenvalue weighted by atomic mass is 35.5. The average Bonchev–Trinajstić information content (AvgIpc) is 3.19. The van der Waals surface area contributed by atoms with E-state index in [0.29, 0.717) is 42.4 Å². The summed E-state index contributed by atoms with van der Waals surface area (Å²) in [4.78, 5) is 11.6. The predicted octanol–water partition coefficient (Wildman–Crippen LogP) is 4.94. The van der Waals surface area contributed by atoms with Crippen LogP contribution < -0.4 is 9.92 Å². The number of guanidine groups is 1. The molecule has 0 amide bonds. The third-order valence-corrected chi connectivity index (χ3v) is 8.08. The lowest BCUT2D eigenvalue weighted by Crippen LogP contribution is -2.46. The van der Waals surface area contributed by atoms with Crippen molar-refractivity contribution in [2.45, 2.75) is 25.3 Å². The summed E-state index contributed by atoms with van der Waals surface area (Å²) in [6.45, 7) is 3.07. The van der Waals surface area contributed by atoms with Gasteiger partial charge in [-0.25, -0.2) is 9.38 Å². The van der Waals surface area contributed by atoms with Crippen LogP contribution >= 0.6 is 11.6 Å². The molecule has 2 aliphatic heterocycles. The number of nitrogens with two attached hydrogens (primary N) is 1. The van der Waals surface area contributed by atoms with Gasteiger partial charge in [-0.05, 0) is 53.8 Å². The van der Waals surface area contributed by atoms with Gasteiger partial charge >= 0.3 is 10.1 Å². The highest BCUT2D eigenvalue weighted by Crippen LogP contribution is 2.43. The number of hydrogen-bond donors (Lipinski definition) is 1. The average molecular weight is 541 g/mol. The fraction of sp³-hybridized carbons (Fsp3) is 0.259. The molecule has 0 aromatic heterocycles. The van der Waals surface area contributed by atoms with Crippen molar-refractivity contribution in [2.24, 2.45) is 15.7 Å². The van der Waals surface area contributed by atoms with Crippen molar-refractivity contribution in [1.29, 1.82) is 0 Å². The van der Waals surface area contributed by atoms with Crippen molar-refractivity contribution >= 4 is 33.5 Å². The zero-order valence-corrected chi connectivity index (χ0v) is 21.8. The minimum Gasteiger partial charge on any atom is -0.382 e. The lowest BCUT2D eigenvalue weighted by atomic mass is 9.81. The predicted molar refractivity (Wildman–Crippen MR) is 144 cm³/mol. The smallest absolute Gasteiger partial charge is 0.309 e. The van der Waals surface area contributed by atoms with E-state index in [4.69, 9.17) is 31.5 Å². The Morgan fingerprint density at radius 2 is 1.86 bits per heavy atom. The molecule has 0 saturated carbocycles. The molecule has 2 aliphatic rings. The third kappa shape index (κ3) is 4.57. The van der Waals surface area contributed by atoms with Gasteiger partial charge in [-0.2, -0.15) is 8.42 Å². The Morgan fingerprint density at radius 1 is 1.11 bits per heavy atom. The van der Waals surface area contributed by atoms with Gasteiger partial charge in [0.1, 0.15) is 17.4 Å². The van der Waals surface area contributed by atoms with Crippen LogP contribution in [0.2, 0.25) is 5.02 Å². The SMILES string of the molecule is CCCS(=O)(=O)Oc1ccc(C2(c3cccc(-c4cccc(Cl)c4F)c3)N=C(N)N3CCCN=C32)cc1. The molecule has 7 nitrogen and oxygen atoms in total. The van der Waals surface area contributed by atoms with Crippen LogP contribution in [-0.4, -0.2) is 44.0 Å². The number of nitrogens with zero attached hydrogens (tertiary/aromatic N) is 3. The highest BCUT2D eigenvalue weighted by Gasteiger charge is 2.49. The van der Waals surface area contributed by atoms with E-state index in [0.717, 1.165) is 17.5 Å². The number of aliphatic imine (C=N–C) groups is 2. The molecule has 3 aromatic rings. The van der Waals surface area contributed by atoms with Gasteiger partial charge in [0, 0.05) is 18.7 Å². The molecule has 10 heteroatoms. The first kappa shape index (κ1) is 25.2. The van der Waals surface area contributed by atoms with Gasteiger partial charge in [-0.15, -0.1) is 0 Å². The monoisotopic (exact) mass is 540 g/mol. The van der Waals surface area contributed by atoms with Gasteiger partial charge in [-0.1, -0.05) is 61.0 Å². The largest absolute Gasteiger partial charge is 0.382 e. The van der Waals surface area contributed by atoms with Gasteiger partial charge in [0.25, 0.3) is 0 Å². The van der Waals surface area contributed by atoms with Crippen LogP contribution in [-0.2, 0) is 15.7 Å². The molecule has 1 atom stereocenters. The number of hydrogen-bond acceptors (Lipinski definition) is 7. The van der Waals surface area contributed by atoms with Crippen molar-refractivity contribution in [3.63, 3.8) is 0 Å². The second-order valence-corrected chi connectivity index (χ2v) is 11.0. The molecule has 2 N–H and O–H groups in total. The van der Waals surface area contributed by atoms with E-state index < -0.39 is 21.5 Å². The molecule has 192 valence electrons. The van der Waals surface area contributed by atoms with Crippen LogP contribution in [0.5, 0.6) is 5.75 Å². The summed E-state index contributed by atoms with van der Waals surface area (Å²) >= 11 is 6.05. The van der Waals surface area contributed by atoms with Crippen LogP contribution in [0.3, 0.4) is 0 Å². The topological polar surface area (TPSA) is 97.3 Å². The summed E-state index contributed by atoms with van der Waals surface area (Å²) in [5, 5.41) is 0.0391. The summed E-state index contributed by atoms with van der Waals surface area (Å²) in [5.41, 5.74) is 7.75. The van der Waals surface area contributed by atoms with Crippen molar-refractivity contribution < 1.29 is 17.0 Å². The molecule has 0 fully saturated rings. The van der Waals surface area contributed by atoms with Gasteiger partial charge in [0.2, 0.25) is 0 Å². The van der Waals surface area contributed by atoms with Gasteiger partial charge in [0.05, 0.1) is 10.8 Å². The van der Waals surface area contributed by atoms with E-state index in [1.54, 1.807) is 43.3 Å². The Kier molecular flexibility index (Phi) is 6.68. The first-order chi connectivity index (χ1) is 17.7. The van der Waals surface area contributed by atoms with E-state index in [1.165, 1.54) is 6.07 Å². The third-order valence-electron chi connectivity index (χ3n) is 6.43. The second kappa shape index (κ2) is 9.79. The normalized spacial score (nSPS) is 19.3. The van der Waals surface area contributed by atoms with E-state index in [2.05, 4.69) is 0 Å². The van der Waals surface area contributed by atoms with E-state index in [9.17, 15) is 12.8 Å². The number of amidine groups is 1. The molecule has 0 bridgehead atoms. The Labute approximate surface area is 220 Å². The van der Waals surface area contributed by atoms with Crippen LogP contribution in [0.15, 0.2) is 76.7 Å². The Bertz CT molecular complexity index is 1510. The van der Waals surface area contributed by atoms with Crippen LogP contribution in [0, 0.1) is 5.82 Å². The van der Waals surface area contributed by atoms with E-state index in [-0.39, 0.29) is 16.5 Å². The Morgan fingerprint density at radius 3 is 2.62 bits per heavy atom. The zero-order chi connectivity index (χ0) is 26.2. The second-order valence-electron chi connectivity index (χ2n) is 8.94. The summed E-state index contributed by atoms with van der Waals surface area (Å²) in [5.74, 6) is 0.643. The summed E-state index contributed by atoms with van der Waals surface area (Å²) < 4.78 is 44.5. The molecule has 2 heterocycles.